The van der Waals surface area contributed by atoms with Gasteiger partial charge in [0.2, 0.25) is 5.95 Å². The van der Waals surface area contributed by atoms with Crippen LogP contribution in [0, 0.1) is 22.7 Å². The lowest BCUT2D eigenvalue weighted by Gasteiger charge is -2.37. The number of aliphatic hydroxyl groups is 1. The number of aromatic nitrogens is 5. The van der Waals surface area contributed by atoms with Gasteiger partial charge in [-0.25, -0.2) is 13.4 Å². The molecule has 4 aromatic rings. The van der Waals surface area contributed by atoms with Gasteiger partial charge in [-0.05, 0) is 38.0 Å². The summed E-state index contributed by atoms with van der Waals surface area (Å²) in [5, 5.41) is 41.2. The first kappa shape index (κ1) is 26.0. The lowest BCUT2D eigenvalue weighted by Crippen LogP contribution is -2.47. The number of hydrogen-bond acceptors (Lipinski definition) is 11. The Balaban J connectivity index is 1.25. The minimum Gasteiger partial charge on any atom is -0.390 e. The van der Waals surface area contributed by atoms with Crippen molar-refractivity contribution in [2.24, 2.45) is 0 Å². The summed E-state index contributed by atoms with van der Waals surface area (Å²) in [5.74, 6) is 0.614. The zero-order valence-electron chi connectivity index (χ0n) is 21.8. The number of piperidine rings is 1. The van der Waals surface area contributed by atoms with Crippen LogP contribution in [0.1, 0.15) is 37.1 Å². The molecule has 5 heterocycles. The lowest BCUT2D eigenvalue weighted by molar-refractivity contribution is 0.0606. The van der Waals surface area contributed by atoms with Crippen LogP contribution in [0.3, 0.4) is 0 Å². The number of rotatable bonds is 6. The van der Waals surface area contributed by atoms with Crippen molar-refractivity contribution >= 4 is 43.8 Å². The molecular formula is C26H28N10O3S. The first-order chi connectivity index (χ1) is 19.3. The van der Waals surface area contributed by atoms with Crippen LogP contribution in [0.15, 0.2) is 30.6 Å². The van der Waals surface area contributed by atoms with Gasteiger partial charge in [0.1, 0.15) is 12.1 Å². The van der Waals surface area contributed by atoms with Crippen LogP contribution >= 0.6 is 0 Å². The molecule has 2 aliphatic rings. The van der Waals surface area contributed by atoms with Gasteiger partial charge in [-0.3, -0.25) is 4.90 Å². The van der Waals surface area contributed by atoms with E-state index in [0.29, 0.717) is 42.4 Å². The summed E-state index contributed by atoms with van der Waals surface area (Å²) in [7, 11) is -3.20. The Morgan fingerprint density at radius 3 is 2.65 bits per heavy atom. The number of nitrogens with zero attached hydrogens (tertiary/aromatic N) is 8. The van der Waals surface area contributed by atoms with Crippen molar-refractivity contribution in [1.82, 2.24) is 29.0 Å². The average Bonchev–Trinajstić information content (AvgIpc) is 3.61. The second-order valence-corrected chi connectivity index (χ2v) is 12.4. The average molecular weight is 561 g/mol. The molecule has 2 atom stereocenters. The van der Waals surface area contributed by atoms with Crippen molar-refractivity contribution < 1.29 is 13.5 Å². The standard InChI is InChI=1S/C26H28N10O3S/c1-2-29-24-25-30-12-19(11-28)36(25)33-26(32-24)31-17-3-4-21-20(9-17)16(10-27)13-35(21)18-5-7-34(8-6-18)22-14-40(38,39)15-23(22)37/h3-4,9,12-13,18,22-23,37H,2,5-8,14-15H2,1H3,(H2,29,31,32,33)/t22-,23-/m0/s1. The zero-order chi connectivity index (χ0) is 28.0. The van der Waals surface area contributed by atoms with Crippen LogP contribution in [0.4, 0.5) is 17.5 Å². The maximum absolute atomic E-state index is 12.0. The van der Waals surface area contributed by atoms with E-state index in [4.69, 9.17) is 0 Å². The largest absolute Gasteiger partial charge is 0.390 e. The van der Waals surface area contributed by atoms with Gasteiger partial charge in [0.15, 0.2) is 27.0 Å². The number of nitriles is 2. The first-order valence-corrected chi connectivity index (χ1v) is 15.0. The summed E-state index contributed by atoms with van der Waals surface area (Å²) in [6, 6.07) is 9.92. The van der Waals surface area contributed by atoms with E-state index >= 15 is 0 Å². The van der Waals surface area contributed by atoms with Crippen LogP contribution < -0.4 is 10.6 Å². The second-order valence-electron chi connectivity index (χ2n) is 10.2. The molecule has 0 saturated carbocycles. The van der Waals surface area contributed by atoms with Crippen LogP contribution in [-0.2, 0) is 9.84 Å². The molecule has 0 amide bonds. The molecule has 206 valence electrons. The van der Waals surface area contributed by atoms with E-state index in [0.717, 1.165) is 23.7 Å². The van der Waals surface area contributed by atoms with E-state index in [-0.39, 0.29) is 35.2 Å². The molecule has 2 saturated heterocycles. The molecule has 1 aromatic carbocycles. The highest BCUT2D eigenvalue weighted by molar-refractivity contribution is 7.91. The normalized spacial score (nSPS) is 21.4. The van der Waals surface area contributed by atoms with Gasteiger partial charge >= 0.3 is 0 Å². The van der Waals surface area contributed by atoms with Crippen LogP contribution in [0.5, 0.6) is 0 Å². The number of nitrogens with one attached hydrogen (secondary N) is 2. The number of hydrogen-bond donors (Lipinski definition) is 3. The quantitative estimate of drug-likeness (QED) is 0.313. The highest BCUT2D eigenvalue weighted by Crippen LogP contribution is 2.33. The van der Waals surface area contributed by atoms with E-state index in [1.54, 1.807) is 0 Å². The Bertz CT molecular complexity index is 1790. The predicted molar refractivity (Wildman–Crippen MR) is 148 cm³/mol. The van der Waals surface area contributed by atoms with Crippen molar-refractivity contribution in [1.29, 1.82) is 10.5 Å². The summed E-state index contributed by atoms with van der Waals surface area (Å²) in [5.41, 5.74) is 2.90. The summed E-state index contributed by atoms with van der Waals surface area (Å²) < 4.78 is 27.5. The molecule has 6 rings (SSSR count). The van der Waals surface area contributed by atoms with Crippen molar-refractivity contribution in [2.75, 3.05) is 41.8 Å². The van der Waals surface area contributed by atoms with E-state index in [1.807, 2.05) is 31.3 Å². The van der Waals surface area contributed by atoms with Crippen molar-refractivity contribution in [3.8, 4) is 12.1 Å². The monoisotopic (exact) mass is 560 g/mol. The molecule has 40 heavy (non-hydrogen) atoms. The molecule has 13 nitrogen and oxygen atoms in total. The van der Waals surface area contributed by atoms with Crippen molar-refractivity contribution in [2.45, 2.75) is 38.0 Å². The second kappa shape index (κ2) is 10.1. The fourth-order valence-corrected chi connectivity index (χ4v) is 7.64. The SMILES string of the molecule is CCNc1nc(Nc2ccc3c(c2)c(C#N)cn3C2CCN([C@H]3CS(=O)(=O)C[C@@H]3O)CC2)nn2c(C#N)cnc12. The third-order valence-corrected chi connectivity index (χ3v) is 9.38. The third-order valence-electron chi connectivity index (χ3n) is 7.69. The molecule has 0 unspecified atom stereocenters. The first-order valence-electron chi connectivity index (χ1n) is 13.1. The van der Waals surface area contributed by atoms with Gasteiger partial charge in [0.05, 0.1) is 35.4 Å². The highest BCUT2D eigenvalue weighted by atomic mass is 32.2. The van der Waals surface area contributed by atoms with E-state index < -0.39 is 15.9 Å². The molecule has 2 fully saturated rings. The fourth-order valence-electron chi connectivity index (χ4n) is 5.80. The van der Waals surface area contributed by atoms with E-state index in [9.17, 15) is 24.0 Å². The summed E-state index contributed by atoms with van der Waals surface area (Å²) in [4.78, 5) is 10.9. The predicted octanol–water partition coefficient (Wildman–Crippen LogP) is 1.79. The summed E-state index contributed by atoms with van der Waals surface area (Å²) in [6.07, 6.45) is 4.05. The number of fused-ring (bicyclic) bond motifs is 2. The van der Waals surface area contributed by atoms with E-state index in [2.05, 4.69) is 47.3 Å². The molecule has 2 aliphatic heterocycles. The van der Waals surface area contributed by atoms with Gasteiger partial charge in [0.25, 0.3) is 0 Å². The Hall–Kier alpha value is -4.24. The van der Waals surface area contributed by atoms with Gasteiger partial charge in [-0.2, -0.15) is 20.0 Å². The fraction of sp³-hybridized carbons (Fsp3) is 0.423. The zero-order valence-corrected chi connectivity index (χ0v) is 22.6. The third kappa shape index (κ3) is 4.60. The number of anilines is 3. The smallest absolute Gasteiger partial charge is 0.247 e. The Kier molecular flexibility index (Phi) is 6.54. The topological polar surface area (TPSA) is 177 Å². The Morgan fingerprint density at radius 1 is 1.18 bits per heavy atom. The lowest BCUT2D eigenvalue weighted by atomic mass is 10.0. The maximum Gasteiger partial charge on any atom is 0.247 e. The number of sulfone groups is 1. The number of imidazole rings is 1. The van der Waals surface area contributed by atoms with Gasteiger partial charge in [0, 0.05) is 48.5 Å². The van der Waals surface area contributed by atoms with Crippen molar-refractivity contribution in [3.05, 3.63) is 41.9 Å². The molecule has 14 heteroatoms. The van der Waals surface area contributed by atoms with Gasteiger partial charge in [-0.15, -0.1) is 5.10 Å². The van der Waals surface area contributed by atoms with Gasteiger partial charge in [-0.1, -0.05) is 0 Å². The van der Waals surface area contributed by atoms with Crippen LogP contribution in [0.2, 0.25) is 0 Å². The molecule has 3 aromatic heterocycles. The molecule has 3 N–H and O–H groups in total. The highest BCUT2D eigenvalue weighted by Gasteiger charge is 2.41. The van der Waals surface area contributed by atoms with Crippen molar-refractivity contribution in [3.63, 3.8) is 0 Å². The van der Waals surface area contributed by atoms with E-state index in [1.165, 1.54) is 10.7 Å². The van der Waals surface area contributed by atoms with Crippen LogP contribution in [0.25, 0.3) is 16.6 Å². The number of benzene rings is 1. The minimum atomic E-state index is -3.20. The minimum absolute atomic E-state index is 0.00492. The molecule has 0 aliphatic carbocycles. The number of aliphatic hydroxyl groups excluding tert-OH is 1. The summed E-state index contributed by atoms with van der Waals surface area (Å²) >= 11 is 0. The summed E-state index contributed by atoms with van der Waals surface area (Å²) in [6.45, 7) is 3.91. The van der Waals surface area contributed by atoms with Gasteiger partial charge < -0.3 is 20.3 Å². The molecular weight excluding hydrogens is 532 g/mol. The molecule has 0 spiro atoms. The maximum atomic E-state index is 12.0. The Morgan fingerprint density at radius 2 is 1.98 bits per heavy atom. The number of likely N-dealkylation sites (tertiary alicyclic amines) is 1. The molecule has 0 bridgehead atoms. The van der Waals surface area contributed by atoms with Crippen LogP contribution in [-0.4, -0.2) is 85.9 Å². The Labute approximate surface area is 230 Å². The molecule has 0 radical (unpaired) electrons.